The van der Waals surface area contributed by atoms with E-state index in [4.69, 9.17) is 26.7 Å². The van der Waals surface area contributed by atoms with Crippen LogP contribution in [0.1, 0.15) is 10.4 Å². The van der Waals surface area contributed by atoms with Gasteiger partial charge in [-0.15, -0.1) is 0 Å². The zero-order valence-corrected chi connectivity index (χ0v) is 13.3. The predicted molar refractivity (Wildman–Crippen MR) is 93.6 cm³/mol. The number of nitrogens with two attached hydrogens (primary N) is 3. The highest BCUT2D eigenvalue weighted by atomic mass is 16.5. The van der Waals surface area contributed by atoms with Crippen molar-refractivity contribution in [3.05, 3.63) is 48.0 Å². The van der Waals surface area contributed by atoms with E-state index in [1.54, 1.807) is 30.3 Å². The summed E-state index contributed by atoms with van der Waals surface area (Å²) in [5, 5.41) is 9.38. The molecule has 9 nitrogen and oxygen atoms in total. The van der Waals surface area contributed by atoms with Crippen LogP contribution in [0.15, 0.2) is 52.4 Å². The van der Waals surface area contributed by atoms with Crippen molar-refractivity contribution in [3.8, 4) is 17.2 Å². The van der Waals surface area contributed by atoms with E-state index in [2.05, 4.69) is 9.98 Å². The van der Waals surface area contributed by atoms with Crippen LogP contribution in [-0.2, 0) is 0 Å². The molecule has 7 N–H and O–H groups in total. The van der Waals surface area contributed by atoms with Crippen LogP contribution in [0, 0.1) is 0 Å². The molecule has 0 amide bonds. The van der Waals surface area contributed by atoms with Crippen molar-refractivity contribution in [3.63, 3.8) is 0 Å². The Kier molecular flexibility index (Phi) is 5.41. The second kappa shape index (κ2) is 7.68. The van der Waals surface area contributed by atoms with Gasteiger partial charge in [0.25, 0.3) is 0 Å². The summed E-state index contributed by atoms with van der Waals surface area (Å²) in [5.41, 5.74) is 15.9. The van der Waals surface area contributed by atoms with Crippen molar-refractivity contribution in [2.75, 3.05) is 7.11 Å². The summed E-state index contributed by atoms with van der Waals surface area (Å²) in [4.78, 5) is 18.9. The number of nitrogens with zero attached hydrogens (tertiary/aromatic N) is 2. The van der Waals surface area contributed by atoms with Gasteiger partial charge in [0.2, 0.25) is 5.96 Å². The zero-order chi connectivity index (χ0) is 18.4. The molecule has 0 atom stereocenters. The molecule has 0 radical (unpaired) electrons. The maximum Gasteiger partial charge on any atom is 0.338 e. The van der Waals surface area contributed by atoms with Crippen molar-refractivity contribution >= 4 is 23.6 Å². The lowest BCUT2D eigenvalue weighted by atomic mass is 10.1. The Morgan fingerprint density at radius 1 is 1.08 bits per heavy atom. The quantitative estimate of drug-likeness (QED) is 0.471. The van der Waals surface area contributed by atoms with E-state index in [1.165, 1.54) is 19.2 Å². The smallest absolute Gasteiger partial charge is 0.338 e. The standard InChI is InChI=1S/C16H17N5O4/c1-24-12-4-2-3-5-13(12)25-9-6-7-11(10(8-9)14(22)23)20-16(19)21-15(17)18/h2-8H,1H3,(H,22,23)(H6,17,18,19,20,21). The normalized spacial score (nSPS) is 10.8. The Hall–Kier alpha value is -3.75. The van der Waals surface area contributed by atoms with Crippen LogP contribution in [0.3, 0.4) is 0 Å². The van der Waals surface area contributed by atoms with E-state index in [9.17, 15) is 9.90 Å². The predicted octanol–water partition coefficient (Wildman–Crippen LogP) is 1.41. The van der Waals surface area contributed by atoms with Crippen LogP contribution < -0.4 is 26.7 Å². The number of methoxy groups -OCH3 is 1. The first-order chi connectivity index (χ1) is 11.9. The Labute approximate surface area is 143 Å². The van der Waals surface area contributed by atoms with E-state index in [0.29, 0.717) is 17.2 Å². The number of aromatic carboxylic acids is 1. The molecule has 0 spiro atoms. The molecule has 0 bridgehead atoms. The average molecular weight is 343 g/mol. The van der Waals surface area contributed by atoms with Gasteiger partial charge in [-0.1, -0.05) is 12.1 Å². The number of benzene rings is 2. The highest BCUT2D eigenvalue weighted by Crippen LogP contribution is 2.33. The third kappa shape index (κ3) is 4.61. The second-order valence-corrected chi connectivity index (χ2v) is 4.74. The van der Waals surface area contributed by atoms with Crippen molar-refractivity contribution in [2.24, 2.45) is 27.2 Å². The third-order valence-corrected chi connectivity index (χ3v) is 2.97. The molecule has 0 aromatic heterocycles. The highest BCUT2D eigenvalue weighted by molar-refractivity contribution is 5.98. The number of guanidine groups is 2. The van der Waals surface area contributed by atoms with Crippen LogP contribution in [0.2, 0.25) is 0 Å². The number of rotatable bonds is 5. The summed E-state index contributed by atoms with van der Waals surface area (Å²) in [7, 11) is 1.51. The van der Waals surface area contributed by atoms with Gasteiger partial charge in [0.15, 0.2) is 17.5 Å². The fourth-order valence-corrected chi connectivity index (χ4v) is 1.96. The second-order valence-electron chi connectivity index (χ2n) is 4.74. The van der Waals surface area contributed by atoms with E-state index in [1.807, 2.05) is 0 Å². The minimum absolute atomic E-state index is 0.0855. The molecule has 0 saturated heterocycles. The molecular formula is C16H17N5O4. The van der Waals surface area contributed by atoms with Gasteiger partial charge in [-0.25, -0.2) is 9.79 Å². The molecule has 25 heavy (non-hydrogen) atoms. The first kappa shape index (κ1) is 17.6. The number of ether oxygens (including phenoxy) is 2. The number of carbonyl (C=O) groups is 1. The van der Waals surface area contributed by atoms with Crippen LogP contribution >= 0.6 is 0 Å². The van der Waals surface area contributed by atoms with Gasteiger partial charge in [0.05, 0.1) is 18.4 Å². The van der Waals surface area contributed by atoms with Gasteiger partial charge in [-0.3, -0.25) is 0 Å². The Bertz CT molecular complexity index is 844. The van der Waals surface area contributed by atoms with Crippen molar-refractivity contribution < 1.29 is 19.4 Å². The number of carboxylic acid groups (broad SMARTS) is 1. The third-order valence-electron chi connectivity index (χ3n) is 2.97. The Morgan fingerprint density at radius 2 is 1.76 bits per heavy atom. The first-order valence-electron chi connectivity index (χ1n) is 7.02. The van der Waals surface area contributed by atoms with Crippen molar-refractivity contribution in [1.82, 2.24) is 0 Å². The molecule has 9 heteroatoms. The number of aliphatic imine (C=N–C) groups is 2. The molecule has 0 aliphatic carbocycles. The molecule has 0 heterocycles. The van der Waals surface area contributed by atoms with Crippen LogP contribution in [0.5, 0.6) is 17.2 Å². The molecule has 130 valence electrons. The molecule has 2 rings (SSSR count). The van der Waals surface area contributed by atoms with E-state index < -0.39 is 5.97 Å². The number of hydrogen-bond acceptors (Lipinski definition) is 4. The molecule has 0 aliphatic heterocycles. The number of para-hydroxylation sites is 2. The summed E-state index contributed by atoms with van der Waals surface area (Å²) in [6.45, 7) is 0. The van der Waals surface area contributed by atoms with Gasteiger partial charge < -0.3 is 31.8 Å². The van der Waals surface area contributed by atoms with Gasteiger partial charge >= 0.3 is 5.97 Å². The summed E-state index contributed by atoms with van der Waals surface area (Å²) in [5.74, 6) is -0.505. The first-order valence-corrected chi connectivity index (χ1v) is 7.02. The number of hydrogen-bond donors (Lipinski definition) is 4. The van der Waals surface area contributed by atoms with Gasteiger partial charge in [0.1, 0.15) is 5.75 Å². The van der Waals surface area contributed by atoms with Gasteiger partial charge in [0, 0.05) is 0 Å². The monoisotopic (exact) mass is 343 g/mol. The summed E-state index contributed by atoms with van der Waals surface area (Å²) in [6.07, 6.45) is 0. The lowest BCUT2D eigenvalue weighted by molar-refractivity contribution is 0.0697. The summed E-state index contributed by atoms with van der Waals surface area (Å²) < 4.78 is 10.9. The lowest BCUT2D eigenvalue weighted by Gasteiger charge is -2.11. The van der Waals surface area contributed by atoms with Crippen LogP contribution in [0.4, 0.5) is 5.69 Å². The maximum absolute atomic E-state index is 11.5. The number of carboxylic acids is 1. The van der Waals surface area contributed by atoms with Gasteiger partial charge in [-0.2, -0.15) is 4.99 Å². The largest absolute Gasteiger partial charge is 0.493 e. The molecular weight excluding hydrogens is 326 g/mol. The molecule has 0 fully saturated rings. The van der Waals surface area contributed by atoms with Crippen molar-refractivity contribution in [1.29, 1.82) is 0 Å². The Balaban J connectivity index is 2.39. The minimum atomic E-state index is -1.21. The van der Waals surface area contributed by atoms with E-state index in [0.717, 1.165) is 0 Å². The fraction of sp³-hybridized carbons (Fsp3) is 0.0625. The average Bonchev–Trinajstić information content (AvgIpc) is 2.55. The molecule has 0 saturated carbocycles. The topological polar surface area (TPSA) is 159 Å². The molecule has 2 aromatic rings. The molecule has 2 aromatic carbocycles. The molecule has 0 aliphatic rings. The van der Waals surface area contributed by atoms with E-state index >= 15 is 0 Å². The minimum Gasteiger partial charge on any atom is -0.493 e. The summed E-state index contributed by atoms with van der Waals surface area (Å²) in [6, 6.07) is 11.3. The maximum atomic E-state index is 11.5. The summed E-state index contributed by atoms with van der Waals surface area (Å²) >= 11 is 0. The Morgan fingerprint density at radius 3 is 2.36 bits per heavy atom. The van der Waals surface area contributed by atoms with Crippen LogP contribution in [0.25, 0.3) is 0 Å². The zero-order valence-electron chi connectivity index (χ0n) is 13.3. The van der Waals surface area contributed by atoms with Gasteiger partial charge in [-0.05, 0) is 30.3 Å². The van der Waals surface area contributed by atoms with E-state index in [-0.39, 0.29) is 23.2 Å². The molecule has 0 unspecified atom stereocenters. The van der Waals surface area contributed by atoms with Crippen molar-refractivity contribution in [2.45, 2.75) is 0 Å². The highest BCUT2D eigenvalue weighted by Gasteiger charge is 2.13. The van der Waals surface area contributed by atoms with Crippen LogP contribution in [-0.4, -0.2) is 30.1 Å². The lowest BCUT2D eigenvalue weighted by Crippen LogP contribution is -2.26. The fourth-order valence-electron chi connectivity index (χ4n) is 1.96. The SMILES string of the molecule is COc1ccccc1Oc1ccc(N=C(N)N=C(N)N)c(C(=O)O)c1.